The Balaban J connectivity index is 1.98. The van der Waals surface area contributed by atoms with Crippen LogP contribution < -0.4 is 5.73 Å². The fraction of sp³-hybridized carbons (Fsp3) is 0.833. The van der Waals surface area contributed by atoms with Crippen LogP contribution in [0.15, 0.2) is 0 Å². The van der Waals surface area contributed by atoms with E-state index in [1.54, 1.807) is 0 Å². The van der Waals surface area contributed by atoms with Crippen molar-refractivity contribution in [2.45, 2.75) is 44.8 Å². The van der Waals surface area contributed by atoms with Gasteiger partial charge in [-0.1, -0.05) is 13.3 Å². The smallest absolute Gasteiger partial charge is 0.312 e. The number of primary amides is 1. The molecule has 2 heterocycles. The Morgan fingerprint density at radius 1 is 1.29 bits per heavy atom. The van der Waals surface area contributed by atoms with Crippen molar-refractivity contribution in [1.29, 1.82) is 0 Å². The van der Waals surface area contributed by atoms with Crippen LogP contribution in [-0.2, 0) is 19.1 Å². The number of ether oxygens (including phenoxy) is 2. The molecule has 0 aromatic heterocycles. The molecule has 96 valence electrons. The van der Waals surface area contributed by atoms with Crippen LogP contribution in [0, 0.1) is 11.8 Å². The Hall–Kier alpha value is -1.10. The van der Waals surface area contributed by atoms with Crippen molar-refractivity contribution in [2.75, 3.05) is 6.61 Å². The second kappa shape index (κ2) is 5.04. The van der Waals surface area contributed by atoms with Crippen LogP contribution in [0.4, 0.5) is 0 Å². The lowest BCUT2D eigenvalue weighted by Gasteiger charge is -2.23. The standard InChI is InChI=1S/C12H19NO4/c1-2-3-6-16-12(15)10-8-5-4-7(17-8)9(10)11(13)14/h7-10H,2-6H2,1H3,(H2,13,14). The van der Waals surface area contributed by atoms with Gasteiger partial charge in [0.1, 0.15) is 0 Å². The molecule has 0 aromatic rings. The van der Waals surface area contributed by atoms with Crippen LogP contribution in [0.5, 0.6) is 0 Å². The molecule has 2 N–H and O–H groups in total. The third-order valence-corrected chi connectivity index (χ3v) is 3.62. The minimum Gasteiger partial charge on any atom is -0.465 e. The van der Waals surface area contributed by atoms with Crippen molar-refractivity contribution in [2.24, 2.45) is 17.6 Å². The van der Waals surface area contributed by atoms with E-state index in [1.807, 2.05) is 6.92 Å². The van der Waals surface area contributed by atoms with Gasteiger partial charge in [-0.05, 0) is 19.3 Å². The van der Waals surface area contributed by atoms with E-state index in [9.17, 15) is 9.59 Å². The molecule has 2 bridgehead atoms. The maximum atomic E-state index is 11.9. The Kier molecular flexibility index (Phi) is 3.66. The number of amides is 1. The molecular formula is C12H19NO4. The van der Waals surface area contributed by atoms with Gasteiger partial charge in [-0.15, -0.1) is 0 Å². The highest BCUT2D eigenvalue weighted by molar-refractivity contribution is 5.86. The summed E-state index contributed by atoms with van der Waals surface area (Å²) in [6, 6.07) is 0. The first kappa shape index (κ1) is 12.4. The minimum absolute atomic E-state index is 0.174. The molecular weight excluding hydrogens is 222 g/mol. The highest BCUT2D eigenvalue weighted by Crippen LogP contribution is 2.43. The van der Waals surface area contributed by atoms with Crippen molar-refractivity contribution in [3.63, 3.8) is 0 Å². The van der Waals surface area contributed by atoms with Crippen LogP contribution in [0.25, 0.3) is 0 Å². The molecule has 5 nitrogen and oxygen atoms in total. The predicted molar refractivity (Wildman–Crippen MR) is 59.9 cm³/mol. The lowest BCUT2D eigenvalue weighted by molar-refractivity contribution is -0.153. The van der Waals surface area contributed by atoms with E-state index in [0.717, 1.165) is 25.7 Å². The topological polar surface area (TPSA) is 78.6 Å². The fourth-order valence-corrected chi connectivity index (χ4v) is 2.75. The molecule has 0 radical (unpaired) electrons. The van der Waals surface area contributed by atoms with Gasteiger partial charge in [-0.2, -0.15) is 0 Å². The zero-order valence-corrected chi connectivity index (χ0v) is 10.1. The summed E-state index contributed by atoms with van der Waals surface area (Å²) in [7, 11) is 0. The van der Waals surface area contributed by atoms with E-state index in [-0.39, 0.29) is 18.2 Å². The van der Waals surface area contributed by atoms with E-state index in [0.29, 0.717) is 6.61 Å². The molecule has 17 heavy (non-hydrogen) atoms. The number of rotatable bonds is 5. The molecule has 1 amide bonds. The second-order valence-electron chi connectivity index (χ2n) is 4.77. The maximum Gasteiger partial charge on any atom is 0.312 e. The van der Waals surface area contributed by atoms with Gasteiger partial charge in [0.15, 0.2) is 0 Å². The summed E-state index contributed by atoms with van der Waals surface area (Å²) in [4.78, 5) is 23.3. The van der Waals surface area contributed by atoms with Gasteiger partial charge in [0, 0.05) is 0 Å². The zero-order valence-electron chi connectivity index (χ0n) is 10.1. The second-order valence-corrected chi connectivity index (χ2v) is 4.77. The molecule has 2 saturated heterocycles. The van der Waals surface area contributed by atoms with Crippen LogP contribution in [0.1, 0.15) is 32.6 Å². The average molecular weight is 241 g/mol. The number of unbranched alkanes of at least 4 members (excludes halogenated alkanes) is 1. The van der Waals surface area contributed by atoms with Crippen molar-refractivity contribution in [1.82, 2.24) is 0 Å². The molecule has 2 fully saturated rings. The lowest BCUT2D eigenvalue weighted by atomic mass is 9.79. The third kappa shape index (κ3) is 2.29. The van der Waals surface area contributed by atoms with Gasteiger partial charge in [0.2, 0.25) is 5.91 Å². The molecule has 2 aliphatic rings. The summed E-state index contributed by atoms with van der Waals surface area (Å²) in [5.41, 5.74) is 5.34. The number of hydrogen-bond donors (Lipinski definition) is 1. The van der Waals surface area contributed by atoms with Gasteiger partial charge < -0.3 is 15.2 Å². The Morgan fingerprint density at radius 3 is 2.53 bits per heavy atom. The maximum absolute atomic E-state index is 11.9. The number of esters is 1. The van der Waals surface area contributed by atoms with Crippen LogP contribution >= 0.6 is 0 Å². The predicted octanol–water partition coefficient (Wildman–Crippen LogP) is 0.609. The highest BCUT2D eigenvalue weighted by atomic mass is 16.5. The fourth-order valence-electron chi connectivity index (χ4n) is 2.75. The average Bonchev–Trinajstić information content (AvgIpc) is 2.88. The molecule has 0 aliphatic carbocycles. The zero-order chi connectivity index (χ0) is 12.4. The summed E-state index contributed by atoms with van der Waals surface area (Å²) >= 11 is 0. The van der Waals surface area contributed by atoms with Crippen molar-refractivity contribution >= 4 is 11.9 Å². The van der Waals surface area contributed by atoms with Gasteiger partial charge in [-0.3, -0.25) is 9.59 Å². The van der Waals surface area contributed by atoms with Crippen molar-refractivity contribution in [3.8, 4) is 0 Å². The molecule has 0 spiro atoms. The minimum atomic E-state index is -0.497. The first-order valence-electron chi connectivity index (χ1n) is 6.26. The van der Waals surface area contributed by atoms with Crippen LogP contribution in [0.3, 0.4) is 0 Å². The molecule has 2 rings (SSSR count). The highest BCUT2D eigenvalue weighted by Gasteiger charge is 2.55. The number of carbonyl (C=O) groups excluding carboxylic acids is 2. The quantitative estimate of drug-likeness (QED) is 0.565. The molecule has 0 saturated carbocycles. The molecule has 0 aromatic carbocycles. The molecule has 2 aliphatic heterocycles. The number of hydrogen-bond acceptors (Lipinski definition) is 4. The van der Waals surface area contributed by atoms with Gasteiger partial charge in [0.25, 0.3) is 0 Å². The van der Waals surface area contributed by atoms with E-state index in [4.69, 9.17) is 15.2 Å². The number of fused-ring (bicyclic) bond motifs is 2. The van der Waals surface area contributed by atoms with E-state index < -0.39 is 17.7 Å². The molecule has 5 heteroatoms. The van der Waals surface area contributed by atoms with Crippen molar-refractivity contribution < 1.29 is 19.1 Å². The third-order valence-electron chi connectivity index (χ3n) is 3.62. The molecule has 4 unspecified atom stereocenters. The largest absolute Gasteiger partial charge is 0.465 e. The van der Waals surface area contributed by atoms with Gasteiger partial charge >= 0.3 is 5.97 Å². The molecule has 4 atom stereocenters. The van der Waals surface area contributed by atoms with Gasteiger partial charge in [-0.25, -0.2) is 0 Å². The summed E-state index contributed by atoms with van der Waals surface area (Å²) in [6.07, 6.45) is 3.10. The van der Waals surface area contributed by atoms with Crippen molar-refractivity contribution in [3.05, 3.63) is 0 Å². The van der Waals surface area contributed by atoms with E-state index in [1.165, 1.54) is 0 Å². The van der Waals surface area contributed by atoms with Crippen LogP contribution in [-0.4, -0.2) is 30.7 Å². The first-order valence-corrected chi connectivity index (χ1v) is 6.26. The van der Waals surface area contributed by atoms with Crippen LogP contribution in [0.2, 0.25) is 0 Å². The first-order chi connectivity index (χ1) is 8.15. The van der Waals surface area contributed by atoms with Gasteiger partial charge in [0.05, 0.1) is 30.7 Å². The Labute approximate surface area is 101 Å². The summed E-state index contributed by atoms with van der Waals surface area (Å²) in [6.45, 7) is 2.44. The summed E-state index contributed by atoms with van der Waals surface area (Å²) in [5.74, 6) is -1.75. The lowest BCUT2D eigenvalue weighted by Crippen LogP contribution is -2.42. The Bertz CT molecular complexity index is 318. The van der Waals surface area contributed by atoms with E-state index in [2.05, 4.69) is 0 Å². The van der Waals surface area contributed by atoms with E-state index >= 15 is 0 Å². The summed E-state index contributed by atoms with van der Waals surface area (Å²) < 4.78 is 10.8. The summed E-state index contributed by atoms with van der Waals surface area (Å²) in [5, 5.41) is 0. The SMILES string of the molecule is CCCCOC(=O)C1C2CCC(O2)C1C(N)=O. The normalized spacial score (nSPS) is 34.9. The monoisotopic (exact) mass is 241 g/mol. The number of carbonyl (C=O) groups is 2. The number of nitrogens with two attached hydrogens (primary N) is 1. The Morgan fingerprint density at radius 2 is 1.94 bits per heavy atom.